The second kappa shape index (κ2) is 7.92. The molecule has 1 aromatic heterocycles. The molecular weight excluding hydrogens is 360 g/mol. The number of piperidine rings is 1. The molecule has 3 aliphatic rings. The molecule has 5 rings (SSSR count). The van der Waals surface area contributed by atoms with Gasteiger partial charge in [-0.2, -0.15) is 0 Å². The number of aromatic nitrogens is 2. The van der Waals surface area contributed by atoms with Gasteiger partial charge in [0.15, 0.2) is 0 Å². The van der Waals surface area contributed by atoms with Gasteiger partial charge in [0.1, 0.15) is 6.23 Å². The Bertz CT molecular complexity index is 857. The van der Waals surface area contributed by atoms with Crippen molar-refractivity contribution in [1.82, 2.24) is 14.9 Å². The first-order valence-electron chi connectivity index (χ1n) is 11.8. The van der Waals surface area contributed by atoms with Crippen LogP contribution >= 0.6 is 0 Å². The normalized spacial score (nSPS) is 23.1. The molecule has 1 aromatic carbocycles. The van der Waals surface area contributed by atoms with Crippen molar-refractivity contribution in [2.45, 2.75) is 89.9 Å². The van der Waals surface area contributed by atoms with Crippen LogP contribution < -0.4 is 10.2 Å². The molecule has 2 heterocycles. The minimum Gasteiger partial charge on any atom is -0.378 e. The first kappa shape index (κ1) is 19.4. The van der Waals surface area contributed by atoms with E-state index in [0.29, 0.717) is 18.0 Å². The van der Waals surface area contributed by atoms with Gasteiger partial charge < -0.3 is 14.6 Å². The number of anilines is 1. The Hall–Kier alpha value is -1.59. The Kier molecular flexibility index (Phi) is 5.29. The number of imidazole rings is 1. The summed E-state index contributed by atoms with van der Waals surface area (Å²) >= 11 is 0. The number of nitrogens with one attached hydrogen (secondary N) is 1. The van der Waals surface area contributed by atoms with E-state index < -0.39 is 0 Å². The van der Waals surface area contributed by atoms with Crippen molar-refractivity contribution in [3.05, 3.63) is 23.3 Å². The Labute approximate surface area is 174 Å². The SMILES string of the molecule is Cc1cc2nc(N3CCC(C(O)NC4CCCC4)CC3)n(C3CCC3)c2cc1C. The lowest BCUT2D eigenvalue weighted by atomic mass is 9.92. The van der Waals surface area contributed by atoms with Gasteiger partial charge in [-0.15, -0.1) is 0 Å². The molecule has 0 spiro atoms. The van der Waals surface area contributed by atoms with E-state index in [1.165, 1.54) is 61.6 Å². The molecule has 5 nitrogen and oxygen atoms in total. The van der Waals surface area contributed by atoms with E-state index >= 15 is 0 Å². The summed E-state index contributed by atoms with van der Waals surface area (Å²) in [5, 5.41) is 14.2. The largest absolute Gasteiger partial charge is 0.378 e. The van der Waals surface area contributed by atoms with Crippen molar-refractivity contribution in [3.8, 4) is 0 Å². The summed E-state index contributed by atoms with van der Waals surface area (Å²) in [5.41, 5.74) is 5.12. The molecule has 2 aliphatic carbocycles. The highest BCUT2D eigenvalue weighted by atomic mass is 16.3. The standard InChI is InChI=1S/C24H36N4O/c1-16-14-21-22(15-17(16)2)28(20-8-5-9-20)24(26-21)27-12-10-18(11-13-27)23(29)25-19-6-3-4-7-19/h14-15,18-20,23,25,29H,3-13H2,1-2H3. The maximum Gasteiger partial charge on any atom is 0.206 e. The first-order chi connectivity index (χ1) is 14.1. The number of hydrogen-bond donors (Lipinski definition) is 2. The van der Waals surface area contributed by atoms with Gasteiger partial charge in [0.2, 0.25) is 5.95 Å². The molecule has 0 radical (unpaired) electrons. The van der Waals surface area contributed by atoms with E-state index in [0.717, 1.165) is 37.4 Å². The maximum atomic E-state index is 10.7. The Morgan fingerprint density at radius 3 is 2.31 bits per heavy atom. The van der Waals surface area contributed by atoms with Gasteiger partial charge in [0.05, 0.1) is 11.0 Å². The van der Waals surface area contributed by atoms with Crippen LogP contribution in [-0.2, 0) is 0 Å². The number of aliphatic hydroxyl groups excluding tert-OH is 1. The molecular formula is C24H36N4O. The van der Waals surface area contributed by atoms with Crippen molar-refractivity contribution < 1.29 is 5.11 Å². The van der Waals surface area contributed by atoms with Crippen LogP contribution in [-0.4, -0.2) is 40.0 Å². The van der Waals surface area contributed by atoms with Crippen molar-refractivity contribution in [3.63, 3.8) is 0 Å². The highest BCUT2D eigenvalue weighted by molar-refractivity contribution is 5.81. The van der Waals surface area contributed by atoms with E-state index in [1.807, 2.05) is 0 Å². The number of aryl methyl sites for hydroxylation is 2. The number of nitrogens with zero attached hydrogens (tertiary/aromatic N) is 3. The summed E-state index contributed by atoms with van der Waals surface area (Å²) in [6, 6.07) is 5.72. The van der Waals surface area contributed by atoms with E-state index in [9.17, 15) is 5.11 Å². The smallest absolute Gasteiger partial charge is 0.206 e. The van der Waals surface area contributed by atoms with Crippen molar-refractivity contribution in [2.75, 3.05) is 18.0 Å². The lowest BCUT2D eigenvalue weighted by molar-refractivity contribution is 0.0512. The number of hydrogen-bond acceptors (Lipinski definition) is 4. The average molecular weight is 397 g/mol. The predicted octanol–water partition coefficient (Wildman–Crippen LogP) is 4.45. The van der Waals surface area contributed by atoms with E-state index in [1.54, 1.807) is 0 Å². The third-order valence-electron chi connectivity index (χ3n) is 7.76. The predicted molar refractivity (Wildman–Crippen MR) is 118 cm³/mol. The quantitative estimate of drug-likeness (QED) is 0.734. The molecule has 3 fully saturated rings. The summed E-state index contributed by atoms with van der Waals surface area (Å²) in [6.07, 6.45) is 10.6. The third-order valence-corrected chi connectivity index (χ3v) is 7.76. The summed E-state index contributed by atoms with van der Waals surface area (Å²) < 4.78 is 2.53. The third kappa shape index (κ3) is 3.68. The average Bonchev–Trinajstić information content (AvgIpc) is 3.30. The molecule has 1 unspecified atom stereocenters. The van der Waals surface area contributed by atoms with Crippen LogP contribution in [0.4, 0.5) is 5.95 Å². The first-order valence-corrected chi connectivity index (χ1v) is 11.8. The van der Waals surface area contributed by atoms with Gasteiger partial charge in [-0.3, -0.25) is 5.32 Å². The van der Waals surface area contributed by atoms with Gasteiger partial charge in [0, 0.05) is 31.1 Å². The van der Waals surface area contributed by atoms with Crippen LogP contribution in [0, 0.1) is 19.8 Å². The molecule has 29 heavy (non-hydrogen) atoms. The van der Waals surface area contributed by atoms with Crippen molar-refractivity contribution >= 4 is 17.0 Å². The molecule has 1 aliphatic heterocycles. The molecule has 2 saturated carbocycles. The fraction of sp³-hybridized carbons (Fsp3) is 0.708. The minimum atomic E-state index is -0.351. The fourth-order valence-corrected chi connectivity index (χ4v) is 5.45. The lowest BCUT2D eigenvalue weighted by Gasteiger charge is -2.38. The highest BCUT2D eigenvalue weighted by Crippen LogP contribution is 2.39. The van der Waals surface area contributed by atoms with Crippen molar-refractivity contribution in [2.24, 2.45) is 5.92 Å². The molecule has 5 heteroatoms. The summed E-state index contributed by atoms with van der Waals surface area (Å²) in [5.74, 6) is 1.52. The molecule has 0 bridgehead atoms. The maximum absolute atomic E-state index is 10.7. The molecule has 158 valence electrons. The fourth-order valence-electron chi connectivity index (χ4n) is 5.45. The number of rotatable bonds is 5. The Balaban J connectivity index is 1.33. The second-order valence-corrected chi connectivity index (χ2v) is 9.71. The molecule has 2 N–H and O–H groups in total. The summed E-state index contributed by atoms with van der Waals surface area (Å²) in [7, 11) is 0. The summed E-state index contributed by atoms with van der Waals surface area (Å²) in [6.45, 7) is 6.36. The van der Waals surface area contributed by atoms with Crippen LogP contribution in [0.2, 0.25) is 0 Å². The van der Waals surface area contributed by atoms with Crippen LogP contribution in [0.15, 0.2) is 12.1 Å². The molecule has 1 atom stereocenters. The van der Waals surface area contributed by atoms with Gasteiger partial charge in [-0.1, -0.05) is 12.8 Å². The number of aliphatic hydroxyl groups is 1. The van der Waals surface area contributed by atoms with Crippen molar-refractivity contribution in [1.29, 1.82) is 0 Å². The molecule has 0 amide bonds. The van der Waals surface area contributed by atoms with Crippen LogP contribution in [0.25, 0.3) is 11.0 Å². The van der Waals surface area contributed by atoms with Gasteiger partial charge in [-0.05, 0) is 82.1 Å². The zero-order valence-corrected chi connectivity index (χ0v) is 18.0. The van der Waals surface area contributed by atoms with E-state index in [-0.39, 0.29) is 6.23 Å². The van der Waals surface area contributed by atoms with Crippen LogP contribution in [0.1, 0.15) is 75.0 Å². The Morgan fingerprint density at radius 1 is 0.966 bits per heavy atom. The summed E-state index contributed by atoms with van der Waals surface area (Å²) in [4.78, 5) is 7.58. The topological polar surface area (TPSA) is 53.3 Å². The Morgan fingerprint density at radius 2 is 1.66 bits per heavy atom. The minimum absolute atomic E-state index is 0.351. The van der Waals surface area contributed by atoms with Gasteiger partial charge in [-0.25, -0.2) is 4.98 Å². The molecule has 2 aromatic rings. The van der Waals surface area contributed by atoms with Gasteiger partial charge >= 0.3 is 0 Å². The highest BCUT2D eigenvalue weighted by Gasteiger charge is 2.32. The van der Waals surface area contributed by atoms with Crippen LogP contribution in [0.3, 0.4) is 0 Å². The van der Waals surface area contributed by atoms with Gasteiger partial charge in [0.25, 0.3) is 0 Å². The lowest BCUT2D eigenvalue weighted by Crippen LogP contribution is -2.46. The monoisotopic (exact) mass is 396 g/mol. The number of fused-ring (bicyclic) bond motifs is 1. The molecule has 1 saturated heterocycles. The zero-order valence-electron chi connectivity index (χ0n) is 18.0. The van der Waals surface area contributed by atoms with E-state index in [2.05, 4.69) is 40.8 Å². The van der Waals surface area contributed by atoms with E-state index in [4.69, 9.17) is 4.98 Å². The van der Waals surface area contributed by atoms with Crippen LogP contribution in [0.5, 0.6) is 0 Å². The number of benzene rings is 1. The zero-order chi connectivity index (χ0) is 20.0. The second-order valence-electron chi connectivity index (χ2n) is 9.71.